The molecule has 1 aliphatic heterocycles. The predicted octanol–water partition coefficient (Wildman–Crippen LogP) is -0.350. The first kappa shape index (κ1) is 14.9. The number of nitrogens with zero attached hydrogens (tertiary/aromatic N) is 2. The van der Waals surface area contributed by atoms with Gasteiger partial charge in [0.15, 0.2) is 11.5 Å². The number of amides is 1. The minimum atomic E-state index is -1.24. The van der Waals surface area contributed by atoms with Crippen LogP contribution >= 0.6 is 0 Å². The summed E-state index contributed by atoms with van der Waals surface area (Å²) < 4.78 is 0. The maximum Gasteiger partial charge on any atom is 0.276 e. The van der Waals surface area contributed by atoms with Crippen LogP contribution in [0.1, 0.15) is 49.0 Å². The minimum Gasteiger partial charge on any atom is -0.396 e. The molecule has 1 unspecified atom stereocenters. The van der Waals surface area contributed by atoms with E-state index >= 15 is 0 Å². The lowest BCUT2D eigenvalue weighted by Crippen LogP contribution is -2.84. The molecule has 3 aliphatic rings. The Bertz CT molecular complexity index is 626. The molecular formula is C15H23N5O3. The Balaban J connectivity index is 1.89. The van der Waals surface area contributed by atoms with E-state index < -0.39 is 16.7 Å². The van der Waals surface area contributed by atoms with Gasteiger partial charge < -0.3 is 25.4 Å². The van der Waals surface area contributed by atoms with Gasteiger partial charge in [-0.1, -0.05) is 6.42 Å². The van der Waals surface area contributed by atoms with Gasteiger partial charge in [-0.15, -0.1) is 0 Å². The fourth-order valence-electron chi connectivity index (χ4n) is 4.37. The molecule has 6 N–H and O–H groups in total. The van der Waals surface area contributed by atoms with Gasteiger partial charge >= 0.3 is 0 Å². The van der Waals surface area contributed by atoms with Gasteiger partial charge in [0.25, 0.3) is 5.91 Å². The number of anilines is 1. The fraction of sp³-hybridized carbons (Fsp3) is 0.733. The quantitative estimate of drug-likeness (QED) is 0.516. The van der Waals surface area contributed by atoms with Gasteiger partial charge in [-0.25, -0.2) is 4.98 Å². The van der Waals surface area contributed by atoms with Crippen LogP contribution in [-0.4, -0.2) is 50.6 Å². The maximum atomic E-state index is 12.5. The summed E-state index contributed by atoms with van der Waals surface area (Å²) in [5.74, 6) is -1.03. The SMILES string of the molecule is NC1(C2(CO)CCC2)NC(=O)c2nc[nH]c2N1C1(CO)CCC1. The highest BCUT2D eigenvalue weighted by Gasteiger charge is 2.64. The van der Waals surface area contributed by atoms with Crippen LogP contribution in [0.2, 0.25) is 0 Å². The first-order valence-corrected chi connectivity index (χ1v) is 8.19. The summed E-state index contributed by atoms with van der Waals surface area (Å²) in [6, 6.07) is 0. The van der Waals surface area contributed by atoms with E-state index in [2.05, 4.69) is 15.3 Å². The Morgan fingerprint density at radius 2 is 1.91 bits per heavy atom. The maximum absolute atomic E-state index is 12.5. The lowest BCUT2D eigenvalue weighted by Gasteiger charge is -2.65. The number of aliphatic hydroxyl groups is 2. The summed E-state index contributed by atoms with van der Waals surface area (Å²) >= 11 is 0. The largest absolute Gasteiger partial charge is 0.396 e. The summed E-state index contributed by atoms with van der Waals surface area (Å²) in [6.45, 7) is -0.160. The highest BCUT2D eigenvalue weighted by atomic mass is 16.3. The van der Waals surface area contributed by atoms with Crippen LogP contribution in [0.3, 0.4) is 0 Å². The van der Waals surface area contributed by atoms with E-state index in [4.69, 9.17) is 5.73 Å². The Morgan fingerprint density at radius 3 is 2.39 bits per heavy atom. The number of H-pyrrole nitrogens is 1. The standard InChI is InChI=1S/C15H23N5O3/c16-15(13(7-21)3-1-4-13)19-12(23)10-11(18-9-17-10)20(15)14(8-22)5-2-6-14/h9,21-22H,1-8,16H2,(H,17,18)(H,19,23). The number of aromatic amines is 1. The van der Waals surface area contributed by atoms with E-state index in [0.717, 1.165) is 38.5 Å². The third-order valence-corrected chi connectivity index (χ3v) is 6.19. The van der Waals surface area contributed by atoms with E-state index in [-0.39, 0.29) is 19.1 Å². The Hall–Kier alpha value is -1.64. The molecule has 0 bridgehead atoms. The molecule has 23 heavy (non-hydrogen) atoms. The molecule has 0 spiro atoms. The van der Waals surface area contributed by atoms with Crippen LogP contribution < -0.4 is 16.0 Å². The van der Waals surface area contributed by atoms with Crippen molar-refractivity contribution in [3.8, 4) is 0 Å². The second-order valence-electron chi connectivity index (χ2n) is 7.18. The number of nitrogens with one attached hydrogen (secondary N) is 2. The van der Waals surface area contributed by atoms with Crippen molar-refractivity contribution in [3.63, 3.8) is 0 Å². The molecule has 8 nitrogen and oxygen atoms in total. The first-order chi connectivity index (χ1) is 11.0. The number of carbonyl (C=O) groups is 1. The lowest BCUT2D eigenvalue weighted by molar-refractivity contribution is -0.0681. The number of fused-ring (bicyclic) bond motifs is 1. The summed E-state index contributed by atoms with van der Waals surface area (Å²) in [4.78, 5) is 21.5. The fourth-order valence-corrected chi connectivity index (χ4v) is 4.37. The molecule has 2 aliphatic carbocycles. The van der Waals surface area contributed by atoms with Crippen LogP contribution in [0.15, 0.2) is 6.33 Å². The van der Waals surface area contributed by atoms with Gasteiger partial charge in [-0.3, -0.25) is 10.5 Å². The van der Waals surface area contributed by atoms with Crippen LogP contribution in [-0.2, 0) is 0 Å². The second kappa shape index (κ2) is 4.68. The number of rotatable bonds is 4. The average Bonchev–Trinajstić information content (AvgIpc) is 2.90. The molecule has 1 amide bonds. The molecule has 2 heterocycles. The van der Waals surface area contributed by atoms with E-state index in [0.29, 0.717) is 11.5 Å². The Morgan fingerprint density at radius 1 is 1.22 bits per heavy atom. The van der Waals surface area contributed by atoms with Crippen molar-refractivity contribution in [2.24, 2.45) is 11.1 Å². The predicted molar refractivity (Wildman–Crippen MR) is 82.5 cm³/mol. The molecule has 2 fully saturated rings. The van der Waals surface area contributed by atoms with Gasteiger partial charge in [0.1, 0.15) is 5.82 Å². The topological polar surface area (TPSA) is 128 Å². The minimum absolute atomic E-state index is 0.0538. The van der Waals surface area contributed by atoms with Crippen LogP contribution in [0.5, 0.6) is 0 Å². The number of hydrogen-bond donors (Lipinski definition) is 5. The number of hydrogen-bond acceptors (Lipinski definition) is 6. The molecule has 1 atom stereocenters. The summed E-state index contributed by atoms with van der Waals surface area (Å²) in [6.07, 6.45) is 6.49. The highest BCUT2D eigenvalue weighted by Crippen LogP contribution is 2.54. The molecule has 0 saturated heterocycles. The normalized spacial score (nSPS) is 30.9. The van der Waals surface area contributed by atoms with Gasteiger partial charge in [0, 0.05) is 5.41 Å². The Labute approximate surface area is 134 Å². The summed E-state index contributed by atoms with van der Waals surface area (Å²) in [5, 5.41) is 23.0. The lowest BCUT2D eigenvalue weighted by atomic mass is 9.61. The van der Waals surface area contributed by atoms with Crippen molar-refractivity contribution in [1.82, 2.24) is 15.3 Å². The van der Waals surface area contributed by atoms with Crippen molar-refractivity contribution in [2.45, 2.75) is 49.9 Å². The molecule has 126 valence electrons. The second-order valence-corrected chi connectivity index (χ2v) is 7.18. The van der Waals surface area contributed by atoms with Gasteiger partial charge in [0.2, 0.25) is 0 Å². The van der Waals surface area contributed by atoms with Crippen LogP contribution in [0, 0.1) is 5.41 Å². The molecule has 8 heteroatoms. The third-order valence-electron chi connectivity index (χ3n) is 6.19. The molecule has 1 aromatic heterocycles. The van der Waals surface area contributed by atoms with Crippen molar-refractivity contribution < 1.29 is 15.0 Å². The zero-order valence-corrected chi connectivity index (χ0v) is 13.0. The summed E-state index contributed by atoms with van der Waals surface area (Å²) in [7, 11) is 0. The summed E-state index contributed by atoms with van der Waals surface area (Å²) in [5.41, 5.74) is 5.92. The van der Waals surface area contributed by atoms with E-state index in [9.17, 15) is 15.0 Å². The van der Waals surface area contributed by atoms with Crippen molar-refractivity contribution in [2.75, 3.05) is 18.1 Å². The average molecular weight is 321 g/mol. The van der Waals surface area contributed by atoms with E-state index in [1.165, 1.54) is 6.33 Å². The smallest absolute Gasteiger partial charge is 0.276 e. The Kier molecular flexibility index (Phi) is 3.04. The number of nitrogens with two attached hydrogens (primary N) is 1. The zero-order chi connectivity index (χ0) is 16.3. The van der Waals surface area contributed by atoms with Crippen molar-refractivity contribution in [3.05, 3.63) is 12.0 Å². The molecule has 1 aromatic rings. The van der Waals surface area contributed by atoms with Gasteiger partial charge in [-0.05, 0) is 32.1 Å². The zero-order valence-electron chi connectivity index (χ0n) is 13.0. The molecule has 0 aromatic carbocycles. The number of aromatic nitrogens is 2. The van der Waals surface area contributed by atoms with Gasteiger partial charge in [0.05, 0.1) is 25.1 Å². The van der Waals surface area contributed by atoms with E-state index in [1.54, 1.807) is 0 Å². The van der Waals surface area contributed by atoms with Crippen LogP contribution in [0.25, 0.3) is 0 Å². The van der Waals surface area contributed by atoms with Gasteiger partial charge in [-0.2, -0.15) is 0 Å². The van der Waals surface area contributed by atoms with Crippen molar-refractivity contribution >= 4 is 11.7 Å². The molecule has 2 saturated carbocycles. The molecule has 4 rings (SSSR count). The molecule has 0 radical (unpaired) electrons. The van der Waals surface area contributed by atoms with Crippen molar-refractivity contribution in [1.29, 1.82) is 0 Å². The monoisotopic (exact) mass is 321 g/mol. The highest BCUT2D eigenvalue weighted by molar-refractivity contribution is 6.00. The van der Waals surface area contributed by atoms with E-state index in [1.807, 2.05) is 4.90 Å². The molecular weight excluding hydrogens is 298 g/mol. The number of imidazole rings is 1. The first-order valence-electron chi connectivity index (χ1n) is 8.19. The van der Waals surface area contributed by atoms with Crippen LogP contribution in [0.4, 0.5) is 5.82 Å². The third kappa shape index (κ3) is 1.66. The number of aliphatic hydroxyl groups excluding tert-OH is 2. The number of carbonyl (C=O) groups excluding carboxylic acids is 1.